The lowest BCUT2D eigenvalue weighted by atomic mass is 9.97. The molecule has 0 aromatic rings. The summed E-state index contributed by atoms with van der Waals surface area (Å²) in [5.74, 6) is -0.787. The van der Waals surface area contributed by atoms with Gasteiger partial charge in [-0.1, -0.05) is 13.8 Å². The number of hydrogen-bond donors (Lipinski definition) is 2. The van der Waals surface area contributed by atoms with Crippen molar-refractivity contribution in [3.05, 3.63) is 0 Å². The van der Waals surface area contributed by atoms with Gasteiger partial charge in [0.25, 0.3) is 0 Å². The Labute approximate surface area is 110 Å². The van der Waals surface area contributed by atoms with E-state index in [9.17, 15) is 9.90 Å². The average Bonchev–Trinajstić information content (AvgIpc) is 2.33. The van der Waals surface area contributed by atoms with Gasteiger partial charge in [0.2, 0.25) is 0 Å². The number of carboxylic acids is 1. The zero-order valence-corrected chi connectivity index (χ0v) is 12.2. The highest BCUT2D eigenvalue weighted by Crippen LogP contribution is 2.11. The van der Waals surface area contributed by atoms with Gasteiger partial charge in [-0.15, -0.1) is 0 Å². The first-order valence-corrected chi connectivity index (χ1v) is 6.78. The third kappa shape index (κ3) is 6.33. The van der Waals surface area contributed by atoms with Gasteiger partial charge >= 0.3 is 5.97 Å². The number of carboxylic acid groups (broad SMARTS) is 1. The van der Waals surface area contributed by atoms with E-state index in [0.29, 0.717) is 19.6 Å². The molecule has 5 heteroatoms. The van der Waals surface area contributed by atoms with Gasteiger partial charge in [-0.3, -0.25) is 4.79 Å². The van der Waals surface area contributed by atoms with Crippen LogP contribution in [0.25, 0.3) is 0 Å². The van der Waals surface area contributed by atoms with E-state index in [1.807, 2.05) is 13.8 Å². The van der Waals surface area contributed by atoms with Crippen molar-refractivity contribution in [2.24, 2.45) is 0 Å². The molecule has 0 aromatic heterocycles. The molecule has 0 aromatic carbocycles. The van der Waals surface area contributed by atoms with E-state index in [2.05, 4.69) is 17.1 Å². The summed E-state index contributed by atoms with van der Waals surface area (Å²) < 4.78 is 5.32. The molecule has 0 rings (SSSR count). The highest BCUT2D eigenvalue weighted by molar-refractivity contribution is 5.78. The lowest BCUT2D eigenvalue weighted by Gasteiger charge is -2.29. The van der Waals surface area contributed by atoms with Crippen LogP contribution in [0.3, 0.4) is 0 Å². The lowest BCUT2D eigenvalue weighted by molar-refractivity contribution is -0.144. The van der Waals surface area contributed by atoms with Gasteiger partial charge in [0.1, 0.15) is 5.54 Å². The molecule has 5 nitrogen and oxygen atoms in total. The van der Waals surface area contributed by atoms with Gasteiger partial charge in [0.15, 0.2) is 0 Å². The van der Waals surface area contributed by atoms with Crippen LogP contribution in [0.2, 0.25) is 0 Å². The maximum Gasteiger partial charge on any atom is 0.323 e. The number of aliphatic carboxylic acids is 1. The van der Waals surface area contributed by atoms with E-state index in [4.69, 9.17) is 4.74 Å². The Bertz CT molecular complexity index is 236. The first-order valence-electron chi connectivity index (χ1n) is 6.78. The number of nitrogens with one attached hydrogen (secondary N) is 1. The fourth-order valence-corrected chi connectivity index (χ4v) is 1.81. The fraction of sp³-hybridized carbons (Fsp3) is 0.923. The predicted octanol–water partition coefficient (Wildman–Crippen LogP) is 1.19. The monoisotopic (exact) mass is 260 g/mol. The minimum atomic E-state index is -0.840. The molecule has 0 spiro atoms. The molecular formula is C13H28N2O3. The molecule has 1 unspecified atom stereocenters. The van der Waals surface area contributed by atoms with Crippen LogP contribution in [-0.2, 0) is 9.53 Å². The summed E-state index contributed by atoms with van der Waals surface area (Å²) in [6, 6.07) is 0. The van der Waals surface area contributed by atoms with Crippen molar-refractivity contribution >= 4 is 5.97 Å². The fourth-order valence-electron chi connectivity index (χ4n) is 1.81. The first-order chi connectivity index (χ1) is 8.50. The Morgan fingerprint density at radius 3 is 2.44 bits per heavy atom. The van der Waals surface area contributed by atoms with Crippen molar-refractivity contribution in [3.63, 3.8) is 0 Å². The highest BCUT2D eigenvalue weighted by Gasteiger charge is 2.31. The minimum Gasteiger partial charge on any atom is -0.480 e. The second-order valence-electron chi connectivity index (χ2n) is 4.55. The molecule has 0 fully saturated rings. The molecule has 2 N–H and O–H groups in total. The Balaban J connectivity index is 4.17. The Kier molecular flexibility index (Phi) is 8.97. The summed E-state index contributed by atoms with van der Waals surface area (Å²) in [5, 5.41) is 12.3. The van der Waals surface area contributed by atoms with Crippen molar-refractivity contribution in [3.8, 4) is 0 Å². The van der Waals surface area contributed by atoms with E-state index < -0.39 is 11.5 Å². The molecule has 0 aliphatic heterocycles. The predicted molar refractivity (Wildman–Crippen MR) is 72.9 cm³/mol. The summed E-state index contributed by atoms with van der Waals surface area (Å²) in [6.07, 6.45) is 0.593. The maximum absolute atomic E-state index is 11.3. The van der Waals surface area contributed by atoms with Crippen molar-refractivity contribution in [2.45, 2.75) is 39.7 Å². The molecule has 0 bridgehead atoms. The standard InChI is InChI=1S/C13H28N2O3/c1-5-14-13(4,12(16)17)8-9-15(6-2)10-11-18-7-3/h14H,5-11H2,1-4H3,(H,16,17). The molecule has 0 saturated heterocycles. The van der Waals surface area contributed by atoms with Crippen LogP contribution < -0.4 is 5.32 Å². The van der Waals surface area contributed by atoms with Crippen LogP contribution in [-0.4, -0.2) is 60.9 Å². The molecule has 0 aliphatic rings. The van der Waals surface area contributed by atoms with Gasteiger partial charge in [0.05, 0.1) is 6.61 Å². The van der Waals surface area contributed by atoms with Crippen LogP contribution >= 0.6 is 0 Å². The van der Waals surface area contributed by atoms with Crippen molar-refractivity contribution in [1.29, 1.82) is 0 Å². The molecule has 1 atom stereocenters. The van der Waals surface area contributed by atoms with E-state index in [0.717, 1.165) is 26.2 Å². The van der Waals surface area contributed by atoms with Gasteiger partial charge in [-0.2, -0.15) is 0 Å². The summed E-state index contributed by atoms with van der Waals surface area (Å²) in [7, 11) is 0. The molecule has 108 valence electrons. The average molecular weight is 260 g/mol. The van der Waals surface area contributed by atoms with E-state index in [1.54, 1.807) is 6.92 Å². The lowest BCUT2D eigenvalue weighted by Crippen LogP contribution is -2.51. The number of nitrogens with zero attached hydrogens (tertiary/aromatic N) is 1. The van der Waals surface area contributed by atoms with Gasteiger partial charge in [0, 0.05) is 19.7 Å². The summed E-state index contributed by atoms with van der Waals surface area (Å²) in [5.41, 5.74) is -0.840. The smallest absolute Gasteiger partial charge is 0.323 e. The minimum absolute atomic E-state index is 0.593. The molecule has 0 radical (unpaired) electrons. The topological polar surface area (TPSA) is 61.8 Å². The van der Waals surface area contributed by atoms with Crippen LogP contribution in [0.15, 0.2) is 0 Å². The highest BCUT2D eigenvalue weighted by atomic mass is 16.5. The van der Waals surface area contributed by atoms with E-state index in [1.165, 1.54) is 0 Å². The van der Waals surface area contributed by atoms with Crippen molar-refractivity contribution < 1.29 is 14.6 Å². The largest absolute Gasteiger partial charge is 0.480 e. The Hall–Kier alpha value is -0.650. The van der Waals surface area contributed by atoms with Gasteiger partial charge in [-0.05, 0) is 33.4 Å². The number of ether oxygens (including phenoxy) is 1. The van der Waals surface area contributed by atoms with Gasteiger partial charge in [-0.25, -0.2) is 0 Å². The van der Waals surface area contributed by atoms with Crippen LogP contribution in [0.5, 0.6) is 0 Å². The molecule has 0 saturated carbocycles. The van der Waals surface area contributed by atoms with Crippen LogP contribution in [0.4, 0.5) is 0 Å². The Morgan fingerprint density at radius 1 is 1.33 bits per heavy atom. The SMILES string of the molecule is CCNC(C)(CCN(CC)CCOCC)C(=O)O. The number of rotatable bonds is 11. The summed E-state index contributed by atoms with van der Waals surface area (Å²) in [4.78, 5) is 13.5. The molecule has 0 amide bonds. The number of carbonyl (C=O) groups is 1. The second-order valence-corrected chi connectivity index (χ2v) is 4.55. The van der Waals surface area contributed by atoms with Crippen molar-refractivity contribution in [1.82, 2.24) is 10.2 Å². The normalized spacial score (nSPS) is 14.7. The Morgan fingerprint density at radius 2 is 2.00 bits per heavy atom. The molecule has 0 heterocycles. The zero-order valence-electron chi connectivity index (χ0n) is 12.2. The molecule has 18 heavy (non-hydrogen) atoms. The van der Waals surface area contributed by atoms with E-state index >= 15 is 0 Å². The quantitative estimate of drug-likeness (QED) is 0.546. The van der Waals surface area contributed by atoms with E-state index in [-0.39, 0.29) is 0 Å². The first kappa shape index (κ1) is 17.4. The van der Waals surface area contributed by atoms with Crippen LogP contribution in [0.1, 0.15) is 34.1 Å². The summed E-state index contributed by atoms with van der Waals surface area (Å²) in [6.45, 7) is 12.3. The second kappa shape index (κ2) is 9.30. The van der Waals surface area contributed by atoms with Crippen LogP contribution in [0, 0.1) is 0 Å². The summed E-state index contributed by atoms with van der Waals surface area (Å²) >= 11 is 0. The van der Waals surface area contributed by atoms with Gasteiger partial charge < -0.3 is 20.1 Å². The van der Waals surface area contributed by atoms with Crippen molar-refractivity contribution in [2.75, 3.05) is 39.4 Å². The molecular weight excluding hydrogens is 232 g/mol. The number of hydrogen-bond acceptors (Lipinski definition) is 4. The third-order valence-electron chi connectivity index (χ3n) is 3.17. The number of likely N-dealkylation sites (N-methyl/N-ethyl adjacent to an activating group) is 2. The third-order valence-corrected chi connectivity index (χ3v) is 3.17. The zero-order chi connectivity index (χ0) is 14.0. The molecule has 0 aliphatic carbocycles. The maximum atomic E-state index is 11.3.